The summed E-state index contributed by atoms with van der Waals surface area (Å²) in [7, 11) is 0. The van der Waals surface area contributed by atoms with Crippen molar-refractivity contribution in [2.45, 2.75) is 39.0 Å². The van der Waals surface area contributed by atoms with Crippen LogP contribution in [0, 0.1) is 16.0 Å². The van der Waals surface area contributed by atoms with Crippen LogP contribution in [0.2, 0.25) is 0 Å². The Morgan fingerprint density at radius 3 is 2.76 bits per heavy atom. The smallest absolute Gasteiger partial charge is 0.356 e. The van der Waals surface area contributed by atoms with E-state index in [0.717, 1.165) is 0 Å². The van der Waals surface area contributed by atoms with Crippen molar-refractivity contribution in [2.24, 2.45) is 11.0 Å². The summed E-state index contributed by atoms with van der Waals surface area (Å²) < 4.78 is 5.38. The SMILES string of the molecule is CC(=O)NC=CSC1=C(C(=O)OCc2ccc([N+](=O)[O-])cc2)N2C(=O)[C@H]([C@@H](C)N=[N+]=[N-])[C@H]2C1. The third-order valence-corrected chi connectivity index (χ3v) is 6.11. The van der Waals surface area contributed by atoms with E-state index in [1.807, 2.05) is 0 Å². The summed E-state index contributed by atoms with van der Waals surface area (Å²) in [5.41, 5.74) is 9.28. The standard InChI is InChI=1S/C20H20N6O6S/c1-11(23-24-21)17-15-9-16(33-8-7-22-12(2)27)18(25(15)19(17)28)20(29)32-10-13-3-5-14(6-4-13)26(30)31/h3-8,11,15,17H,9-10H2,1-2H3,(H,22,27)/t11-,15-,17-/m1/s1. The number of azide groups is 1. The maximum atomic E-state index is 12.9. The minimum absolute atomic E-state index is 0.0811. The van der Waals surface area contributed by atoms with Crippen LogP contribution in [0.5, 0.6) is 0 Å². The Kier molecular flexibility index (Phi) is 7.36. The molecule has 0 saturated carbocycles. The highest BCUT2D eigenvalue weighted by Crippen LogP contribution is 2.48. The van der Waals surface area contributed by atoms with Gasteiger partial charge in [0.2, 0.25) is 11.8 Å². The number of β-lactam (4-membered cyclic amide) rings is 1. The zero-order chi connectivity index (χ0) is 24.1. The Labute approximate surface area is 192 Å². The van der Waals surface area contributed by atoms with Crippen LogP contribution in [0.15, 0.2) is 51.6 Å². The number of ether oxygens (including phenoxy) is 1. The molecule has 12 nitrogen and oxygen atoms in total. The maximum absolute atomic E-state index is 12.9. The number of nitrogens with zero attached hydrogens (tertiary/aromatic N) is 5. The normalized spacial score (nSPS) is 20.1. The first kappa shape index (κ1) is 23.8. The average Bonchev–Trinajstić information content (AvgIpc) is 3.09. The fourth-order valence-corrected chi connectivity index (χ4v) is 4.54. The Hall–Kier alpha value is -3.83. The molecule has 1 aromatic rings. The summed E-state index contributed by atoms with van der Waals surface area (Å²) in [5, 5.41) is 18.5. The number of nitro benzene ring substituents is 1. The van der Waals surface area contributed by atoms with Gasteiger partial charge in [-0.2, -0.15) is 0 Å². The van der Waals surface area contributed by atoms with Gasteiger partial charge in [0.05, 0.1) is 16.9 Å². The van der Waals surface area contributed by atoms with Gasteiger partial charge in [-0.1, -0.05) is 23.8 Å². The number of carbonyl (C=O) groups excluding carboxylic acids is 3. The van der Waals surface area contributed by atoms with Crippen LogP contribution in [0.4, 0.5) is 5.69 Å². The molecule has 0 unspecified atom stereocenters. The molecule has 33 heavy (non-hydrogen) atoms. The predicted octanol–water partition coefficient (Wildman–Crippen LogP) is 3.12. The summed E-state index contributed by atoms with van der Waals surface area (Å²) >= 11 is 1.18. The molecule has 0 aromatic heterocycles. The molecule has 3 atom stereocenters. The quantitative estimate of drug-likeness (QED) is 0.109. The van der Waals surface area contributed by atoms with Gasteiger partial charge in [-0.05, 0) is 28.6 Å². The van der Waals surface area contributed by atoms with Crippen molar-refractivity contribution in [1.29, 1.82) is 0 Å². The largest absolute Gasteiger partial charge is 0.456 e. The van der Waals surface area contributed by atoms with Crippen LogP contribution < -0.4 is 5.32 Å². The number of benzene rings is 1. The zero-order valence-corrected chi connectivity index (χ0v) is 18.5. The Bertz CT molecular complexity index is 1090. The van der Waals surface area contributed by atoms with Crippen molar-refractivity contribution < 1.29 is 24.0 Å². The fraction of sp³-hybridized carbons (Fsp3) is 0.350. The molecular formula is C20H20N6O6S. The molecule has 1 saturated heterocycles. The van der Waals surface area contributed by atoms with Gasteiger partial charge in [-0.15, -0.1) is 0 Å². The summed E-state index contributed by atoms with van der Waals surface area (Å²) in [4.78, 5) is 51.7. The van der Waals surface area contributed by atoms with Crippen LogP contribution in [0.1, 0.15) is 25.8 Å². The monoisotopic (exact) mass is 472 g/mol. The van der Waals surface area contributed by atoms with Gasteiger partial charge in [-0.25, -0.2) is 4.79 Å². The van der Waals surface area contributed by atoms with Crippen LogP contribution in [0.25, 0.3) is 10.4 Å². The first-order valence-corrected chi connectivity index (χ1v) is 10.7. The number of fused-ring (bicyclic) bond motifs is 1. The van der Waals surface area contributed by atoms with E-state index in [4.69, 9.17) is 10.3 Å². The highest BCUT2D eigenvalue weighted by atomic mass is 32.2. The van der Waals surface area contributed by atoms with Crippen molar-refractivity contribution >= 4 is 35.2 Å². The molecule has 2 heterocycles. The number of esters is 1. The number of hydrogen-bond acceptors (Lipinski definition) is 8. The van der Waals surface area contributed by atoms with Gasteiger partial charge >= 0.3 is 5.97 Å². The highest BCUT2D eigenvalue weighted by molar-refractivity contribution is 8.05. The van der Waals surface area contributed by atoms with Crippen LogP contribution in [-0.4, -0.2) is 39.7 Å². The molecule has 0 aliphatic carbocycles. The molecule has 1 N–H and O–H groups in total. The molecule has 13 heteroatoms. The molecule has 2 aliphatic heterocycles. The minimum atomic E-state index is -0.713. The van der Waals surface area contributed by atoms with Gasteiger partial charge in [0.25, 0.3) is 5.69 Å². The molecule has 172 valence electrons. The number of carbonyl (C=O) groups is 3. The molecule has 0 radical (unpaired) electrons. The van der Waals surface area contributed by atoms with Crippen molar-refractivity contribution in [3.05, 3.63) is 72.6 Å². The lowest BCUT2D eigenvalue weighted by atomic mass is 9.82. The number of non-ortho nitro benzene ring substituents is 1. The number of nitrogens with one attached hydrogen (secondary N) is 1. The van der Waals surface area contributed by atoms with E-state index in [1.165, 1.54) is 54.1 Å². The van der Waals surface area contributed by atoms with Gasteiger partial charge in [0.15, 0.2) is 0 Å². The van der Waals surface area contributed by atoms with Gasteiger partial charge in [-0.3, -0.25) is 19.7 Å². The predicted molar refractivity (Wildman–Crippen MR) is 118 cm³/mol. The number of hydrogen-bond donors (Lipinski definition) is 1. The van der Waals surface area contributed by atoms with E-state index in [0.29, 0.717) is 16.9 Å². The first-order chi connectivity index (χ1) is 15.7. The fourth-order valence-electron chi connectivity index (χ4n) is 3.68. The number of rotatable bonds is 9. The van der Waals surface area contributed by atoms with Crippen LogP contribution >= 0.6 is 11.8 Å². The Balaban J connectivity index is 1.76. The lowest BCUT2D eigenvalue weighted by molar-refractivity contribution is -0.384. The summed E-state index contributed by atoms with van der Waals surface area (Å²) in [6.07, 6.45) is 1.80. The topological polar surface area (TPSA) is 168 Å². The Morgan fingerprint density at radius 1 is 1.45 bits per heavy atom. The van der Waals surface area contributed by atoms with Crippen LogP contribution in [0.3, 0.4) is 0 Å². The maximum Gasteiger partial charge on any atom is 0.356 e. The molecular weight excluding hydrogens is 452 g/mol. The second-order valence-corrected chi connectivity index (χ2v) is 8.34. The van der Waals surface area contributed by atoms with Gasteiger partial charge < -0.3 is 15.0 Å². The Morgan fingerprint density at radius 2 is 2.15 bits per heavy atom. The summed E-state index contributed by atoms with van der Waals surface area (Å²) in [6.45, 7) is 2.87. The van der Waals surface area contributed by atoms with Crippen molar-refractivity contribution in [1.82, 2.24) is 10.2 Å². The van der Waals surface area contributed by atoms with Crippen molar-refractivity contribution in [2.75, 3.05) is 0 Å². The summed E-state index contributed by atoms with van der Waals surface area (Å²) in [6, 6.07) is 4.67. The highest BCUT2D eigenvalue weighted by Gasteiger charge is 2.56. The molecule has 0 bridgehead atoms. The third kappa shape index (κ3) is 5.16. The second kappa shape index (κ2) is 10.2. The van der Waals surface area contributed by atoms with E-state index < -0.39 is 22.9 Å². The lowest BCUT2D eigenvalue weighted by Crippen LogP contribution is -2.61. The second-order valence-electron chi connectivity index (χ2n) is 7.34. The molecule has 1 aromatic carbocycles. The van der Waals surface area contributed by atoms with E-state index in [2.05, 4.69) is 15.3 Å². The molecule has 3 rings (SSSR count). The average molecular weight is 472 g/mol. The van der Waals surface area contributed by atoms with Crippen molar-refractivity contribution in [3.63, 3.8) is 0 Å². The number of thioether (sulfide) groups is 1. The van der Waals surface area contributed by atoms with Crippen molar-refractivity contribution in [3.8, 4) is 0 Å². The number of amides is 2. The van der Waals surface area contributed by atoms with Gasteiger partial charge in [0, 0.05) is 47.5 Å². The lowest BCUT2D eigenvalue weighted by Gasteiger charge is -2.45. The molecule has 2 amide bonds. The third-order valence-electron chi connectivity index (χ3n) is 5.20. The first-order valence-electron chi connectivity index (χ1n) is 9.84. The minimum Gasteiger partial charge on any atom is -0.456 e. The zero-order valence-electron chi connectivity index (χ0n) is 17.7. The number of nitro groups is 1. The summed E-state index contributed by atoms with van der Waals surface area (Å²) in [5.74, 6) is -1.84. The van der Waals surface area contributed by atoms with E-state index >= 15 is 0 Å². The van der Waals surface area contributed by atoms with E-state index in [9.17, 15) is 24.5 Å². The molecule has 0 spiro atoms. The van der Waals surface area contributed by atoms with E-state index in [-0.39, 0.29) is 35.8 Å². The van der Waals surface area contributed by atoms with E-state index in [1.54, 1.807) is 12.3 Å². The van der Waals surface area contributed by atoms with Crippen LogP contribution in [-0.2, 0) is 25.7 Å². The molecule has 2 aliphatic rings. The molecule has 1 fully saturated rings. The van der Waals surface area contributed by atoms with Gasteiger partial charge in [0.1, 0.15) is 12.3 Å².